The van der Waals surface area contributed by atoms with Gasteiger partial charge in [0.15, 0.2) is 0 Å². The van der Waals surface area contributed by atoms with E-state index in [1.54, 1.807) is 18.3 Å². The summed E-state index contributed by atoms with van der Waals surface area (Å²) in [4.78, 5) is 16.5. The molecule has 0 radical (unpaired) electrons. The highest BCUT2D eigenvalue weighted by Gasteiger charge is 2.07. The molecule has 4 nitrogen and oxygen atoms in total. The van der Waals surface area contributed by atoms with E-state index in [2.05, 4.69) is 29.5 Å². The van der Waals surface area contributed by atoms with Crippen LogP contribution in [-0.2, 0) is 6.54 Å². The third-order valence-corrected chi connectivity index (χ3v) is 3.62. The molecule has 4 heteroatoms. The maximum Gasteiger partial charge on any atom is 0.251 e. The van der Waals surface area contributed by atoms with Crippen molar-refractivity contribution in [2.75, 3.05) is 11.9 Å². The predicted octanol–water partition coefficient (Wildman–Crippen LogP) is 3.78. The van der Waals surface area contributed by atoms with Crippen LogP contribution in [-0.4, -0.2) is 17.4 Å². The first-order chi connectivity index (χ1) is 11.0. The Kier molecular flexibility index (Phi) is 6.15. The van der Waals surface area contributed by atoms with Gasteiger partial charge in [0.2, 0.25) is 0 Å². The van der Waals surface area contributed by atoms with Crippen LogP contribution in [0.2, 0.25) is 0 Å². The number of aryl methyl sites for hydroxylation is 1. The van der Waals surface area contributed by atoms with Crippen molar-refractivity contribution in [3.05, 3.63) is 59.3 Å². The lowest BCUT2D eigenvalue weighted by Crippen LogP contribution is -2.23. The molecule has 0 unspecified atom stereocenters. The fourth-order valence-electron chi connectivity index (χ4n) is 2.15. The van der Waals surface area contributed by atoms with Gasteiger partial charge >= 0.3 is 0 Å². The van der Waals surface area contributed by atoms with Crippen molar-refractivity contribution in [2.24, 2.45) is 5.92 Å². The Morgan fingerprint density at radius 2 is 1.91 bits per heavy atom. The lowest BCUT2D eigenvalue weighted by atomic mass is 10.1. The summed E-state index contributed by atoms with van der Waals surface area (Å²) in [6.45, 7) is 7.80. The Balaban J connectivity index is 1.90. The molecule has 122 valence electrons. The van der Waals surface area contributed by atoms with E-state index in [9.17, 15) is 4.79 Å². The SMILES string of the molecule is Cc1ccc(CNC(=O)c2ccnc(NCCC(C)C)c2)cc1. The smallest absolute Gasteiger partial charge is 0.251 e. The van der Waals surface area contributed by atoms with E-state index in [1.807, 2.05) is 31.2 Å². The zero-order chi connectivity index (χ0) is 16.7. The molecule has 0 aliphatic rings. The largest absolute Gasteiger partial charge is 0.370 e. The van der Waals surface area contributed by atoms with Gasteiger partial charge < -0.3 is 10.6 Å². The van der Waals surface area contributed by atoms with Crippen molar-refractivity contribution in [2.45, 2.75) is 33.7 Å². The van der Waals surface area contributed by atoms with Crippen LogP contribution >= 0.6 is 0 Å². The number of pyridine rings is 1. The predicted molar refractivity (Wildman–Crippen MR) is 94.5 cm³/mol. The minimum Gasteiger partial charge on any atom is -0.370 e. The zero-order valence-electron chi connectivity index (χ0n) is 14.1. The summed E-state index contributed by atoms with van der Waals surface area (Å²) in [7, 11) is 0. The molecule has 1 aromatic carbocycles. The van der Waals surface area contributed by atoms with E-state index in [0.717, 1.165) is 24.3 Å². The van der Waals surface area contributed by atoms with E-state index >= 15 is 0 Å². The summed E-state index contributed by atoms with van der Waals surface area (Å²) in [5.41, 5.74) is 2.93. The quantitative estimate of drug-likeness (QED) is 0.818. The topological polar surface area (TPSA) is 54.0 Å². The van der Waals surface area contributed by atoms with Gasteiger partial charge in [-0.1, -0.05) is 43.7 Å². The highest BCUT2D eigenvalue weighted by Crippen LogP contribution is 2.09. The average molecular weight is 311 g/mol. The molecule has 1 amide bonds. The Bertz CT molecular complexity index is 635. The van der Waals surface area contributed by atoms with Crippen LogP contribution in [0, 0.1) is 12.8 Å². The highest BCUT2D eigenvalue weighted by molar-refractivity contribution is 5.94. The third kappa shape index (κ3) is 5.74. The van der Waals surface area contributed by atoms with E-state index < -0.39 is 0 Å². The number of nitrogens with zero attached hydrogens (tertiary/aromatic N) is 1. The molecule has 0 aliphatic heterocycles. The molecule has 0 fully saturated rings. The number of hydrogen-bond donors (Lipinski definition) is 2. The summed E-state index contributed by atoms with van der Waals surface area (Å²) in [6, 6.07) is 11.7. The normalized spacial score (nSPS) is 10.6. The van der Waals surface area contributed by atoms with Gasteiger partial charge in [-0.2, -0.15) is 0 Å². The Morgan fingerprint density at radius 3 is 2.61 bits per heavy atom. The molecule has 1 heterocycles. The summed E-state index contributed by atoms with van der Waals surface area (Å²) in [5.74, 6) is 1.30. The summed E-state index contributed by atoms with van der Waals surface area (Å²) in [5, 5.41) is 6.20. The van der Waals surface area contributed by atoms with Crippen LogP contribution in [0.4, 0.5) is 5.82 Å². The van der Waals surface area contributed by atoms with E-state index in [0.29, 0.717) is 18.0 Å². The standard InChI is InChI=1S/C19H25N3O/c1-14(2)8-10-20-18-12-17(9-11-21-18)19(23)22-13-16-6-4-15(3)5-7-16/h4-7,9,11-12,14H,8,10,13H2,1-3H3,(H,20,21)(H,22,23). The molecule has 2 N–H and O–H groups in total. The Labute approximate surface area is 138 Å². The monoisotopic (exact) mass is 311 g/mol. The third-order valence-electron chi connectivity index (χ3n) is 3.62. The fraction of sp³-hybridized carbons (Fsp3) is 0.368. The first-order valence-electron chi connectivity index (χ1n) is 8.08. The Hall–Kier alpha value is -2.36. The molecule has 0 saturated carbocycles. The van der Waals surface area contributed by atoms with Crippen molar-refractivity contribution in [1.82, 2.24) is 10.3 Å². The molecule has 0 atom stereocenters. The number of carbonyl (C=O) groups excluding carboxylic acids is 1. The fourth-order valence-corrected chi connectivity index (χ4v) is 2.15. The summed E-state index contributed by atoms with van der Waals surface area (Å²) >= 11 is 0. The highest BCUT2D eigenvalue weighted by atomic mass is 16.1. The van der Waals surface area contributed by atoms with Crippen molar-refractivity contribution >= 4 is 11.7 Å². The van der Waals surface area contributed by atoms with Crippen LogP contribution in [0.25, 0.3) is 0 Å². The molecule has 0 bridgehead atoms. The first kappa shape index (κ1) is 17.0. The number of benzene rings is 1. The van der Waals surface area contributed by atoms with E-state index in [4.69, 9.17) is 0 Å². The van der Waals surface area contributed by atoms with E-state index in [1.165, 1.54) is 5.56 Å². The molecule has 2 aromatic rings. The van der Waals surface area contributed by atoms with Crippen molar-refractivity contribution in [3.63, 3.8) is 0 Å². The Morgan fingerprint density at radius 1 is 1.17 bits per heavy atom. The number of rotatable bonds is 7. The van der Waals surface area contributed by atoms with Crippen molar-refractivity contribution < 1.29 is 4.79 Å². The molecular weight excluding hydrogens is 286 g/mol. The summed E-state index contributed by atoms with van der Waals surface area (Å²) in [6.07, 6.45) is 2.74. The van der Waals surface area contributed by atoms with Crippen LogP contribution in [0.1, 0.15) is 41.8 Å². The second kappa shape index (κ2) is 8.32. The van der Waals surface area contributed by atoms with Crippen LogP contribution in [0.5, 0.6) is 0 Å². The number of carbonyl (C=O) groups is 1. The number of aromatic nitrogens is 1. The zero-order valence-corrected chi connectivity index (χ0v) is 14.1. The lowest BCUT2D eigenvalue weighted by molar-refractivity contribution is 0.0951. The van der Waals surface area contributed by atoms with Gasteiger partial charge in [-0.05, 0) is 37.0 Å². The number of amides is 1. The molecule has 2 rings (SSSR count). The van der Waals surface area contributed by atoms with Crippen LogP contribution < -0.4 is 10.6 Å². The van der Waals surface area contributed by atoms with Gasteiger partial charge in [-0.25, -0.2) is 4.98 Å². The average Bonchev–Trinajstić information content (AvgIpc) is 2.54. The van der Waals surface area contributed by atoms with Gasteiger partial charge in [0.25, 0.3) is 5.91 Å². The maximum absolute atomic E-state index is 12.3. The summed E-state index contributed by atoms with van der Waals surface area (Å²) < 4.78 is 0. The van der Waals surface area contributed by atoms with Gasteiger partial charge in [0.05, 0.1) is 0 Å². The minimum absolute atomic E-state index is 0.0834. The second-order valence-electron chi connectivity index (χ2n) is 6.21. The molecule has 0 spiro atoms. The second-order valence-corrected chi connectivity index (χ2v) is 6.21. The molecule has 0 saturated heterocycles. The maximum atomic E-state index is 12.3. The van der Waals surface area contributed by atoms with Gasteiger partial charge in [0, 0.05) is 24.8 Å². The lowest BCUT2D eigenvalue weighted by Gasteiger charge is -2.09. The van der Waals surface area contributed by atoms with Gasteiger partial charge in [-0.3, -0.25) is 4.79 Å². The first-order valence-corrected chi connectivity index (χ1v) is 8.08. The molecular formula is C19H25N3O. The number of hydrogen-bond acceptors (Lipinski definition) is 3. The minimum atomic E-state index is -0.0834. The molecule has 23 heavy (non-hydrogen) atoms. The van der Waals surface area contributed by atoms with Gasteiger partial charge in [0.1, 0.15) is 5.82 Å². The molecule has 0 aliphatic carbocycles. The van der Waals surface area contributed by atoms with Crippen LogP contribution in [0.15, 0.2) is 42.6 Å². The van der Waals surface area contributed by atoms with Gasteiger partial charge in [-0.15, -0.1) is 0 Å². The van der Waals surface area contributed by atoms with E-state index in [-0.39, 0.29) is 5.91 Å². The molecule has 1 aromatic heterocycles. The number of nitrogens with one attached hydrogen (secondary N) is 2. The number of anilines is 1. The van der Waals surface area contributed by atoms with Crippen molar-refractivity contribution in [1.29, 1.82) is 0 Å². The van der Waals surface area contributed by atoms with Crippen molar-refractivity contribution in [3.8, 4) is 0 Å². The van der Waals surface area contributed by atoms with Crippen LogP contribution in [0.3, 0.4) is 0 Å².